The Balaban J connectivity index is 3.78. The maximum atomic E-state index is 11.5. The minimum Gasteiger partial charge on any atom is -0.428 e. The molecule has 6 heteroatoms. The smallest absolute Gasteiger partial charge is 0.312 e. The average molecular weight is 280 g/mol. The summed E-state index contributed by atoms with van der Waals surface area (Å²) in [6, 6.07) is 0. The van der Waals surface area contributed by atoms with Gasteiger partial charge in [0.1, 0.15) is 0 Å². The summed E-state index contributed by atoms with van der Waals surface area (Å²) >= 11 is 8.00. The summed E-state index contributed by atoms with van der Waals surface area (Å²) in [7, 11) is 0. The fraction of sp³-hybridized carbons (Fsp3) is 0.818. The van der Waals surface area contributed by atoms with Crippen LogP contribution in [-0.4, -0.2) is 30.2 Å². The van der Waals surface area contributed by atoms with Crippen molar-refractivity contribution < 1.29 is 19.1 Å². The van der Waals surface area contributed by atoms with Crippen LogP contribution in [0.5, 0.6) is 0 Å². The molecular weight excluding hydrogens is 260 g/mol. The normalized spacial score (nSPS) is 11.9. The lowest BCUT2D eigenvalue weighted by molar-refractivity contribution is -0.169. The maximum Gasteiger partial charge on any atom is 0.312 e. The highest BCUT2D eigenvalue weighted by Gasteiger charge is 2.18. The number of unbranched alkanes of at least 4 members (excludes halogenated alkanes) is 1. The summed E-state index contributed by atoms with van der Waals surface area (Å²) in [4.78, 5) is 22.5. The summed E-state index contributed by atoms with van der Waals surface area (Å²) < 4.78 is 9.55. The van der Waals surface area contributed by atoms with Gasteiger partial charge in [-0.25, -0.2) is 0 Å². The summed E-state index contributed by atoms with van der Waals surface area (Å²) in [5.41, 5.74) is 0. The van der Waals surface area contributed by atoms with Crippen molar-refractivity contribution in [3.05, 3.63) is 0 Å². The first-order chi connectivity index (χ1) is 8.15. The summed E-state index contributed by atoms with van der Waals surface area (Å²) in [6.07, 6.45) is 2.95. The molecule has 100 valence electrons. The molecule has 0 aromatic carbocycles. The molecule has 1 unspecified atom stereocenters. The molecule has 0 aromatic heterocycles. The summed E-state index contributed by atoms with van der Waals surface area (Å²) in [6.45, 7) is 1.74. The second-order valence-corrected chi connectivity index (χ2v) is 4.41. The molecule has 0 aromatic rings. The van der Waals surface area contributed by atoms with Crippen LogP contribution in [0.3, 0.4) is 0 Å². The largest absolute Gasteiger partial charge is 0.428 e. The van der Waals surface area contributed by atoms with Crippen LogP contribution in [0.25, 0.3) is 0 Å². The number of carbonyl (C=O) groups excluding carboxylic acids is 2. The second kappa shape index (κ2) is 10.8. The predicted molar refractivity (Wildman–Crippen MR) is 72.4 cm³/mol. The number of carbonyl (C=O) groups is 2. The van der Waals surface area contributed by atoms with Crippen molar-refractivity contribution in [2.45, 2.75) is 32.6 Å². The zero-order valence-electron chi connectivity index (χ0n) is 10.1. The van der Waals surface area contributed by atoms with Gasteiger partial charge in [0, 0.05) is 11.5 Å². The zero-order valence-corrected chi connectivity index (χ0v) is 11.8. The standard InChI is InChI=1S/C11H20O4S2/c1-2-3-4-9(7-17)11(13)15-8-14-10(12)5-6-16/h9,16-17H,2-8H2,1H3. The summed E-state index contributed by atoms with van der Waals surface area (Å²) in [5, 5.41) is 0. The Morgan fingerprint density at radius 1 is 1.24 bits per heavy atom. The van der Waals surface area contributed by atoms with Gasteiger partial charge in [-0.05, 0) is 6.42 Å². The lowest BCUT2D eigenvalue weighted by atomic mass is 10.0. The third kappa shape index (κ3) is 8.37. The van der Waals surface area contributed by atoms with E-state index in [-0.39, 0.29) is 25.1 Å². The number of rotatable bonds is 9. The number of hydrogen-bond acceptors (Lipinski definition) is 6. The molecule has 0 heterocycles. The molecule has 0 amide bonds. The van der Waals surface area contributed by atoms with Gasteiger partial charge in [0.15, 0.2) is 0 Å². The number of esters is 2. The van der Waals surface area contributed by atoms with E-state index in [4.69, 9.17) is 9.47 Å². The Bertz CT molecular complexity index is 234. The van der Waals surface area contributed by atoms with E-state index < -0.39 is 5.97 Å². The van der Waals surface area contributed by atoms with Crippen LogP contribution in [0.15, 0.2) is 0 Å². The van der Waals surface area contributed by atoms with Crippen molar-refractivity contribution in [2.24, 2.45) is 5.92 Å². The molecule has 4 nitrogen and oxygen atoms in total. The van der Waals surface area contributed by atoms with Crippen LogP contribution in [0, 0.1) is 5.92 Å². The van der Waals surface area contributed by atoms with Gasteiger partial charge in [-0.3, -0.25) is 9.59 Å². The minimum atomic E-state index is -0.413. The molecule has 0 spiro atoms. The highest BCUT2D eigenvalue weighted by Crippen LogP contribution is 2.12. The van der Waals surface area contributed by atoms with Crippen LogP contribution < -0.4 is 0 Å². The lowest BCUT2D eigenvalue weighted by Gasteiger charge is -2.13. The Kier molecular flexibility index (Phi) is 10.5. The number of thiol groups is 2. The Hall–Kier alpha value is -0.360. The fourth-order valence-electron chi connectivity index (χ4n) is 1.17. The van der Waals surface area contributed by atoms with E-state index >= 15 is 0 Å². The molecule has 0 rings (SSSR count). The fourth-order valence-corrected chi connectivity index (χ4v) is 1.68. The molecule has 0 fully saturated rings. The molecule has 0 aliphatic heterocycles. The van der Waals surface area contributed by atoms with Gasteiger partial charge in [-0.1, -0.05) is 19.8 Å². The second-order valence-electron chi connectivity index (χ2n) is 3.59. The highest BCUT2D eigenvalue weighted by molar-refractivity contribution is 7.80. The van der Waals surface area contributed by atoms with Gasteiger partial charge in [0.25, 0.3) is 0 Å². The van der Waals surface area contributed by atoms with Crippen molar-refractivity contribution in [3.8, 4) is 0 Å². The Morgan fingerprint density at radius 3 is 2.47 bits per heavy atom. The van der Waals surface area contributed by atoms with Crippen LogP contribution in [0.2, 0.25) is 0 Å². The van der Waals surface area contributed by atoms with E-state index in [1.165, 1.54) is 0 Å². The summed E-state index contributed by atoms with van der Waals surface area (Å²) in [5.74, 6) is -0.121. The SMILES string of the molecule is CCCCC(CS)C(=O)OCOC(=O)CCS. The highest BCUT2D eigenvalue weighted by atomic mass is 32.1. The van der Waals surface area contributed by atoms with Crippen molar-refractivity contribution in [3.63, 3.8) is 0 Å². The molecule has 0 bridgehead atoms. The van der Waals surface area contributed by atoms with Crippen molar-refractivity contribution in [1.29, 1.82) is 0 Å². The van der Waals surface area contributed by atoms with Crippen molar-refractivity contribution in [1.82, 2.24) is 0 Å². The Morgan fingerprint density at radius 2 is 1.94 bits per heavy atom. The molecule has 1 atom stereocenters. The molecule has 0 aliphatic rings. The van der Waals surface area contributed by atoms with Crippen molar-refractivity contribution in [2.75, 3.05) is 18.3 Å². The monoisotopic (exact) mass is 280 g/mol. The predicted octanol–water partition coefficient (Wildman–Crippen LogP) is 2.09. The van der Waals surface area contributed by atoms with E-state index in [2.05, 4.69) is 32.2 Å². The molecule has 17 heavy (non-hydrogen) atoms. The third-order valence-electron chi connectivity index (χ3n) is 2.20. The number of hydrogen-bond donors (Lipinski definition) is 2. The molecule has 0 N–H and O–H groups in total. The van der Waals surface area contributed by atoms with Gasteiger partial charge >= 0.3 is 11.9 Å². The van der Waals surface area contributed by atoms with Gasteiger partial charge < -0.3 is 9.47 Å². The van der Waals surface area contributed by atoms with Gasteiger partial charge in [-0.2, -0.15) is 25.3 Å². The van der Waals surface area contributed by atoms with Crippen LogP contribution in [0.4, 0.5) is 0 Å². The topological polar surface area (TPSA) is 52.6 Å². The van der Waals surface area contributed by atoms with Gasteiger partial charge in [-0.15, -0.1) is 0 Å². The first-order valence-corrected chi connectivity index (χ1v) is 6.96. The van der Waals surface area contributed by atoms with Gasteiger partial charge in [0.2, 0.25) is 6.79 Å². The van der Waals surface area contributed by atoms with Crippen LogP contribution in [0.1, 0.15) is 32.6 Å². The van der Waals surface area contributed by atoms with Gasteiger partial charge in [0.05, 0.1) is 12.3 Å². The lowest BCUT2D eigenvalue weighted by Crippen LogP contribution is -2.21. The third-order valence-corrected chi connectivity index (χ3v) is 2.86. The van der Waals surface area contributed by atoms with Crippen LogP contribution in [-0.2, 0) is 19.1 Å². The molecule has 0 saturated heterocycles. The maximum absolute atomic E-state index is 11.5. The first-order valence-electron chi connectivity index (χ1n) is 5.69. The van der Waals surface area contributed by atoms with E-state index in [1.807, 2.05) is 0 Å². The molecular formula is C11H20O4S2. The molecule has 0 aliphatic carbocycles. The quantitative estimate of drug-likeness (QED) is 0.386. The zero-order chi connectivity index (χ0) is 13.1. The molecule has 0 saturated carbocycles. The Labute approximate surface area is 113 Å². The van der Waals surface area contributed by atoms with Crippen LogP contribution >= 0.6 is 25.3 Å². The van der Waals surface area contributed by atoms with E-state index in [1.54, 1.807) is 0 Å². The van der Waals surface area contributed by atoms with E-state index in [0.717, 1.165) is 19.3 Å². The number of ether oxygens (including phenoxy) is 2. The molecule has 0 radical (unpaired) electrons. The van der Waals surface area contributed by atoms with E-state index in [9.17, 15) is 9.59 Å². The van der Waals surface area contributed by atoms with Crippen molar-refractivity contribution >= 4 is 37.2 Å². The first kappa shape index (κ1) is 16.6. The average Bonchev–Trinajstić information content (AvgIpc) is 2.30. The minimum absolute atomic E-state index is 0.215. The van der Waals surface area contributed by atoms with E-state index in [0.29, 0.717) is 11.5 Å².